The number of nitrogens with zero attached hydrogens (tertiary/aromatic N) is 1. The van der Waals surface area contributed by atoms with Crippen LogP contribution in [0.5, 0.6) is 0 Å². The second-order valence-electron chi connectivity index (χ2n) is 5.39. The molecule has 1 N–H and O–H groups in total. The number of nitrogens with one attached hydrogen (secondary N) is 1. The molecule has 0 aromatic rings. The first kappa shape index (κ1) is 13.1. The highest BCUT2D eigenvalue weighted by Crippen LogP contribution is 2.32. The monoisotopic (exact) mass is 260 g/mol. The van der Waals surface area contributed by atoms with E-state index in [0.717, 1.165) is 11.3 Å². The van der Waals surface area contributed by atoms with Gasteiger partial charge in [-0.15, -0.1) is 0 Å². The molecule has 2 aliphatic heterocycles. The summed E-state index contributed by atoms with van der Waals surface area (Å²) in [4.78, 5) is 2.73. The molecule has 2 unspecified atom stereocenters. The van der Waals surface area contributed by atoms with Gasteiger partial charge in [-0.05, 0) is 19.2 Å². The molecule has 0 spiro atoms. The van der Waals surface area contributed by atoms with Gasteiger partial charge in [0.2, 0.25) is 0 Å². The molecule has 4 heteroatoms. The number of thioether (sulfide) groups is 2. The van der Waals surface area contributed by atoms with Crippen LogP contribution in [0.1, 0.15) is 20.3 Å². The first-order chi connectivity index (χ1) is 7.62. The van der Waals surface area contributed by atoms with Gasteiger partial charge in [0.1, 0.15) is 0 Å². The lowest BCUT2D eigenvalue weighted by Crippen LogP contribution is -2.43. The van der Waals surface area contributed by atoms with Crippen LogP contribution in [-0.4, -0.2) is 59.1 Å². The Morgan fingerprint density at radius 1 is 1.31 bits per heavy atom. The lowest BCUT2D eigenvalue weighted by molar-refractivity contribution is 0.221. The number of hydrogen-bond acceptors (Lipinski definition) is 4. The standard InChI is InChI=1S/C12H24N2S2/c1-12(2)4-5-14(6-7-16-12)10-8-13-9-11(10)15-3/h10-11,13H,4-9H2,1-3H3. The van der Waals surface area contributed by atoms with Crippen LogP contribution in [0.2, 0.25) is 0 Å². The summed E-state index contributed by atoms with van der Waals surface area (Å²) >= 11 is 4.17. The molecule has 2 saturated heterocycles. The molecule has 2 aliphatic rings. The molecule has 2 rings (SSSR count). The Bertz CT molecular complexity index is 233. The van der Waals surface area contributed by atoms with Crippen LogP contribution in [0.4, 0.5) is 0 Å². The SMILES string of the molecule is CSC1CNCC1N1CCSC(C)(C)CC1. The van der Waals surface area contributed by atoms with Gasteiger partial charge in [-0.3, -0.25) is 4.90 Å². The van der Waals surface area contributed by atoms with Crippen molar-refractivity contribution < 1.29 is 0 Å². The molecule has 0 aromatic carbocycles. The van der Waals surface area contributed by atoms with E-state index in [-0.39, 0.29) is 0 Å². The Morgan fingerprint density at radius 2 is 2.12 bits per heavy atom. The molecular weight excluding hydrogens is 236 g/mol. The molecule has 2 atom stereocenters. The van der Waals surface area contributed by atoms with Crippen LogP contribution in [0.3, 0.4) is 0 Å². The Labute approximate surface area is 108 Å². The van der Waals surface area contributed by atoms with Crippen LogP contribution < -0.4 is 5.32 Å². The predicted octanol–water partition coefficient (Wildman–Crippen LogP) is 1.91. The highest BCUT2D eigenvalue weighted by Gasteiger charge is 2.33. The van der Waals surface area contributed by atoms with Crippen molar-refractivity contribution in [1.29, 1.82) is 0 Å². The van der Waals surface area contributed by atoms with Gasteiger partial charge >= 0.3 is 0 Å². The number of hydrogen-bond donors (Lipinski definition) is 1. The maximum atomic E-state index is 3.54. The first-order valence-electron chi connectivity index (χ1n) is 6.24. The van der Waals surface area contributed by atoms with Gasteiger partial charge in [0.05, 0.1) is 0 Å². The molecule has 0 amide bonds. The van der Waals surface area contributed by atoms with Crippen LogP contribution in [-0.2, 0) is 0 Å². The summed E-state index contributed by atoms with van der Waals surface area (Å²) in [5.74, 6) is 1.30. The highest BCUT2D eigenvalue weighted by atomic mass is 32.2. The average molecular weight is 260 g/mol. The Kier molecular flexibility index (Phi) is 4.50. The molecule has 0 saturated carbocycles. The van der Waals surface area contributed by atoms with Crippen LogP contribution in [0.25, 0.3) is 0 Å². The minimum absolute atomic E-state index is 0.482. The van der Waals surface area contributed by atoms with Crippen LogP contribution in [0.15, 0.2) is 0 Å². The smallest absolute Gasteiger partial charge is 0.0352 e. The molecule has 0 radical (unpaired) electrons. The molecule has 0 bridgehead atoms. The molecule has 2 nitrogen and oxygen atoms in total. The summed E-state index contributed by atoms with van der Waals surface area (Å²) in [5.41, 5.74) is 0. The van der Waals surface area contributed by atoms with E-state index >= 15 is 0 Å². The third-order valence-electron chi connectivity index (χ3n) is 3.77. The molecule has 0 aliphatic carbocycles. The van der Waals surface area contributed by atoms with Crippen molar-refractivity contribution in [3.63, 3.8) is 0 Å². The van der Waals surface area contributed by atoms with E-state index in [1.165, 1.54) is 38.4 Å². The van der Waals surface area contributed by atoms with Crippen LogP contribution in [0, 0.1) is 0 Å². The molecule has 16 heavy (non-hydrogen) atoms. The van der Waals surface area contributed by atoms with E-state index in [4.69, 9.17) is 0 Å². The van der Waals surface area contributed by atoms with Gasteiger partial charge in [-0.2, -0.15) is 23.5 Å². The summed E-state index contributed by atoms with van der Waals surface area (Å²) < 4.78 is 0.482. The van der Waals surface area contributed by atoms with Crippen LogP contribution >= 0.6 is 23.5 Å². The summed E-state index contributed by atoms with van der Waals surface area (Å²) in [5, 5.41) is 4.34. The van der Waals surface area contributed by atoms with Crippen molar-refractivity contribution in [1.82, 2.24) is 10.2 Å². The van der Waals surface area contributed by atoms with Gasteiger partial charge < -0.3 is 5.32 Å². The quantitative estimate of drug-likeness (QED) is 0.815. The van der Waals surface area contributed by atoms with Gasteiger partial charge in [0.25, 0.3) is 0 Å². The number of rotatable bonds is 2. The van der Waals surface area contributed by atoms with Crippen molar-refractivity contribution in [2.24, 2.45) is 0 Å². The minimum Gasteiger partial charge on any atom is -0.314 e. The van der Waals surface area contributed by atoms with E-state index in [1.807, 2.05) is 11.8 Å². The minimum atomic E-state index is 0.482. The van der Waals surface area contributed by atoms with Gasteiger partial charge in [-0.25, -0.2) is 0 Å². The zero-order chi connectivity index (χ0) is 11.6. The van der Waals surface area contributed by atoms with E-state index in [9.17, 15) is 0 Å². The Hall–Kier alpha value is 0.620. The topological polar surface area (TPSA) is 15.3 Å². The zero-order valence-corrected chi connectivity index (χ0v) is 12.3. The van der Waals surface area contributed by atoms with Gasteiger partial charge in [-0.1, -0.05) is 13.8 Å². The highest BCUT2D eigenvalue weighted by molar-refractivity contribution is 8.00. The van der Waals surface area contributed by atoms with Gasteiger partial charge in [0.15, 0.2) is 0 Å². The predicted molar refractivity (Wildman–Crippen MR) is 76.7 cm³/mol. The average Bonchev–Trinajstić information content (AvgIpc) is 2.63. The van der Waals surface area contributed by atoms with Crippen molar-refractivity contribution in [2.75, 3.05) is 38.2 Å². The first-order valence-corrected chi connectivity index (χ1v) is 8.51. The van der Waals surface area contributed by atoms with E-state index in [2.05, 4.69) is 42.1 Å². The largest absolute Gasteiger partial charge is 0.314 e. The molecule has 94 valence electrons. The van der Waals surface area contributed by atoms with Crippen molar-refractivity contribution in [3.8, 4) is 0 Å². The fourth-order valence-corrected chi connectivity index (χ4v) is 4.59. The second kappa shape index (κ2) is 5.51. The third kappa shape index (κ3) is 3.09. The summed E-state index contributed by atoms with van der Waals surface area (Å²) in [6.45, 7) is 9.72. The lowest BCUT2D eigenvalue weighted by Gasteiger charge is -2.30. The van der Waals surface area contributed by atoms with Crippen molar-refractivity contribution in [3.05, 3.63) is 0 Å². The van der Waals surface area contributed by atoms with Crippen molar-refractivity contribution >= 4 is 23.5 Å². The second-order valence-corrected chi connectivity index (χ2v) is 8.27. The maximum absolute atomic E-state index is 3.54. The third-order valence-corrected chi connectivity index (χ3v) is 6.23. The summed E-state index contributed by atoms with van der Waals surface area (Å²) in [6, 6.07) is 0.768. The van der Waals surface area contributed by atoms with Crippen molar-refractivity contribution in [2.45, 2.75) is 36.3 Å². The Balaban J connectivity index is 1.94. The van der Waals surface area contributed by atoms with E-state index in [0.29, 0.717) is 4.75 Å². The zero-order valence-electron chi connectivity index (χ0n) is 10.7. The Morgan fingerprint density at radius 3 is 2.88 bits per heavy atom. The molecule has 2 heterocycles. The fraction of sp³-hybridized carbons (Fsp3) is 1.00. The summed E-state index contributed by atoms with van der Waals surface area (Å²) in [6.07, 6.45) is 3.58. The summed E-state index contributed by atoms with van der Waals surface area (Å²) in [7, 11) is 0. The molecule has 0 aromatic heterocycles. The fourth-order valence-electron chi connectivity index (χ4n) is 2.61. The van der Waals surface area contributed by atoms with E-state index < -0.39 is 0 Å². The molecular formula is C12H24N2S2. The maximum Gasteiger partial charge on any atom is 0.0352 e. The normalized spacial score (nSPS) is 36.2. The molecule has 2 fully saturated rings. The van der Waals surface area contributed by atoms with Gasteiger partial charge in [0, 0.05) is 41.4 Å². The van der Waals surface area contributed by atoms with E-state index in [1.54, 1.807) is 0 Å². The lowest BCUT2D eigenvalue weighted by atomic mass is 10.1.